The predicted molar refractivity (Wildman–Crippen MR) is 91.1 cm³/mol. The average Bonchev–Trinajstić information content (AvgIpc) is 2.62. The highest BCUT2D eigenvalue weighted by molar-refractivity contribution is 5.80. The summed E-state index contributed by atoms with van der Waals surface area (Å²) in [6, 6.07) is 10.4. The standard InChI is InChI=1S/C19H28N2O2/c1-2-19(20)9-11-21(12-10-19)18(22)17-14-23-13-8-16(17)15-6-4-3-5-7-15/h3-7,16-17H,2,8-14,20H2,1H3/t16-,17-/m1/s1. The second-order valence-electron chi connectivity index (χ2n) is 7.03. The zero-order valence-electron chi connectivity index (χ0n) is 14.0. The van der Waals surface area contributed by atoms with Crippen molar-refractivity contribution >= 4 is 5.91 Å². The van der Waals surface area contributed by atoms with E-state index in [0.29, 0.717) is 6.61 Å². The van der Waals surface area contributed by atoms with Crippen LogP contribution in [0.4, 0.5) is 0 Å². The Kier molecular flexibility index (Phi) is 5.02. The maximum absolute atomic E-state index is 13.0. The molecular formula is C19H28N2O2. The van der Waals surface area contributed by atoms with Crippen molar-refractivity contribution < 1.29 is 9.53 Å². The van der Waals surface area contributed by atoms with E-state index in [0.717, 1.165) is 45.4 Å². The molecular weight excluding hydrogens is 288 g/mol. The minimum Gasteiger partial charge on any atom is -0.381 e. The molecule has 2 atom stereocenters. The van der Waals surface area contributed by atoms with E-state index in [4.69, 9.17) is 10.5 Å². The van der Waals surface area contributed by atoms with Crippen molar-refractivity contribution in [2.45, 2.75) is 44.1 Å². The Morgan fingerprint density at radius 3 is 2.65 bits per heavy atom. The van der Waals surface area contributed by atoms with Crippen LogP contribution in [-0.4, -0.2) is 42.6 Å². The summed E-state index contributed by atoms with van der Waals surface area (Å²) >= 11 is 0. The maximum Gasteiger partial charge on any atom is 0.228 e. The first kappa shape index (κ1) is 16.5. The molecule has 23 heavy (non-hydrogen) atoms. The molecule has 126 valence electrons. The molecule has 0 spiro atoms. The second kappa shape index (κ2) is 7.02. The minimum absolute atomic E-state index is 0.0574. The molecule has 2 aliphatic heterocycles. The minimum atomic E-state index is -0.0846. The fourth-order valence-electron chi connectivity index (χ4n) is 3.84. The van der Waals surface area contributed by atoms with Gasteiger partial charge in [0, 0.05) is 25.2 Å². The number of carbonyl (C=O) groups is 1. The van der Waals surface area contributed by atoms with Crippen LogP contribution in [0, 0.1) is 5.92 Å². The van der Waals surface area contributed by atoms with Crippen molar-refractivity contribution in [1.82, 2.24) is 4.90 Å². The molecule has 1 aromatic rings. The van der Waals surface area contributed by atoms with Crippen molar-refractivity contribution in [1.29, 1.82) is 0 Å². The van der Waals surface area contributed by atoms with Gasteiger partial charge in [0.25, 0.3) is 0 Å². The Hall–Kier alpha value is -1.39. The summed E-state index contributed by atoms with van der Waals surface area (Å²) in [7, 11) is 0. The fourth-order valence-corrected chi connectivity index (χ4v) is 3.84. The molecule has 0 saturated carbocycles. The zero-order chi connectivity index (χ0) is 16.3. The van der Waals surface area contributed by atoms with Gasteiger partial charge in [0.15, 0.2) is 0 Å². The first-order chi connectivity index (χ1) is 11.1. The third kappa shape index (κ3) is 3.59. The number of likely N-dealkylation sites (tertiary alicyclic amines) is 1. The van der Waals surface area contributed by atoms with Gasteiger partial charge in [-0.15, -0.1) is 0 Å². The van der Waals surface area contributed by atoms with Crippen LogP contribution < -0.4 is 5.73 Å². The van der Waals surface area contributed by atoms with Crippen LogP contribution in [0.1, 0.15) is 44.1 Å². The van der Waals surface area contributed by atoms with Gasteiger partial charge in [-0.3, -0.25) is 4.79 Å². The molecule has 4 heteroatoms. The van der Waals surface area contributed by atoms with Gasteiger partial charge >= 0.3 is 0 Å². The number of rotatable bonds is 3. The van der Waals surface area contributed by atoms with Gasteiger partial charge in [0.05, 0.1) is 12.5 Å². The summed E-state index contributed by atoms with van der Waals surface area (Å²) in [4.78, 5) is 15.1. The molecule has 0 unspecified atom stereocenters. The van der Waals surface area contributed by atoms with Gasteiger partial charge < -0.3 is 15.4 Å². The van der Waals surface area contributed by atoms with Crippen LogP contribution in [0.15, 0.2) is 30.3 Å². The van der Waals surface area contributed by atoms with Gasteiger partial charge in [0.1, 0.15) is 0 Å². The molecule has 2 saturated heterocycles. The molecule has 4 nitrogen and oxygen atoms in total. The van der Waals surface area contributed by atoms with Crippen molar-refractivity contribution in [3.05, 3.63) is 35.9 Å². The first-order valence-corrected chi connectivity index (χ1v) is 8.83. The number of hydrogen-bond acceptors (Lipinski definition) is 3. The largest absolute Gasteiger partial charge is 0.381 e. The van der Waals surface area contributed by atoms with Crippen LogP contribution in [0.2, 0.25) is 0 Å². The summed E-state index contributed by atoms with van der Waals surface area (Å²) in [5, 5.41) is 0. The Bertz CT molecular complexity index is 523. The summed E-state index contributed by atoms with van der Waals surface area (Å²) < 4.78 is 5.64. The smallest absolute Gasteiger partial charge is 0.228 e. The Balaban J connectivity index is 1.70. The van der Waals surface area contributed by atoms with E-state index < -0.39 is 0 Å². The van der Waals surface area contributed by atoms with Crippen LogP contribution in [0.3, 0.4) is 0 Å². The molecule has 0 aromatic heterocycles. The number of hydrogen-bond donors (Lipinski definition) is 1. The molecule has 2 fully saturated rings. The topological polar surface area (TPSA) is 55.6 Å². The molecule has 2 aliphatic rings. The third-order valence-corrected chi connectivity index (χ3v) is 5.68. The lowest BCUT2D eigenvalue weighted by molar-refractivity contribution is -0.142. The first-order valence-electron chi connectivity index (χ1n) is 8.83. The number of amides is 1. The summed E-state index contributed by atoms with van der Waals surface area (Å²) in [5.74, 6) is 0.461. The van der Waals surface area contributed by atoms with Gasteiger partial charge in [-0.05, 0) is 37.2 Å². The average molecular weight is 316 g/mol. The number of ether oxygens (including phenoxy) is 1. The molecule has 0 radical (unpaired) electrons. The number of carbonyl (C=O) groups excluding carboxylic acids is 1. The van der Waals surface area contributed by atoms with Crippen LogP contribution >= 0.6 is 0 Å². The number of nitrogens with zero attached hydrogens (tertiary/aromatic N) is 1. The quantitative estimate of drug-likeness (QED) is 0.932. The second-order valence-corrected chi connectivity index (χ2v) is 7.03. The molecule has 0 bridgehead atoms. The molecule has 3 rings (SSSR count). The normalized spacial score (nSPS) is 27.7. The number of piperidine rings is 1. The monoisotopic (exact) mass is 316 g/mol. The van der Waals surface area contributed by atoms with Gasteiger partial charge in [0.2, 0.25) is 5.91 Å². The highest BCUT2D eigenvalue weighted by Crippen LogP contribution is 2.34. The van der Waals surface area contributed by atoms with E-state index in [1.54, 1.807) is 0 Å². The lowest BCUT2D eigenvalue weighted by Gasteiger charge is -2.41. The number of nitrogens with two attached hydrogens (primary N) is 1. The van der Waals surface area contributed by atoms with Crippen molar-refractivity contribution in [2.75, 3.05) is 26.3 Å². The Morgan fingerprint density at radius 1 is 1.30 bits per heavy atom. The molecule has 2 heterocycles. The van der Waals surface area contributed by atoms with E-state index in [2.05, 4.69) is 31.2 Å². The fraction of sp³-hybridized carbons (Fsp3) is 0.632. The molecule has 1 amide bonds. The Labute approximate surface area is 139 Å². The lowest BCUT2D eigenvalue weighted by Crippen LogP contribution is -2.53. The lowest BCUT2D eigenvalue weighted by atomic mass is 9.80. The molecule has 2 N–H and O–H groups in total. The summed E-state index contributed by atoms with van der Waals surface area (Å²) in [6.45, 7) is 4.97. The van der Waals surface area contributed by atoms with Crippen molar-refractivity contribution in [2.24, 2.45) is 11.7 Å². The van der Waals surface area contributed by atoms with Gasteiger partial charge in [-0.25, -0.2) is 0 Å². The summed E-state index contributed by atoms with van der Waals surface area (Å²) in [6.07, 6.45) is 3.70. The molecule has 0 aliphatic carbocycles. The highest BCUT2D eigenvalue weighted by Gasteiger charge is 2.38. The van der Waals surface area contributed by atoms with Crippen molar-refractivity contribution in [3.63, 3.8) is 0 Å². The van der Waals surface area contributed by atoms with Crippen LogP contribution in [0.25, 0.3) is 0 Å². The van der Waals surface area contributed by atoms with E-state index in [1.807, 2.05) is 11.0 Å². The van der Waals surface area contributed by atoms with E-state index >= 15 is 0 Å². The van der Waals surface area contributed by atoms with Crippen molar-refractivity contribution in [3.8, 4) is 0 Å². The highest BCUT2D eigenvalue weighted by atomic mass is 16.5. The zero-order valence-corrected chi connectivity index (χ0v) is 14.0. The SMILES string of the molecule is CCC1(N)CCN(C(=O)[C@@H]2COCC[C@@H]2c2ccccc2)CC1. The molecule has 1 aromatic carbocycles. The van der Waals surface area contributed by atoms with Gasteiger partial charge in [-0.2, -0.15) is 0 Å². The van der Waals surface area contributed by atoms with Crippen LogP contribution in [-0.2, 0) is 9.53 Å². The Morgan fingerprint density at radius 2 is 2.00 bits per heavy atom. The van der Waals surface area contributed by atoms with Gasteiger partial charge in [-0.1, -0.05) is 37.3 Å². The third-order valence-electron chi connectivity index (χ3n) is 5.68. The maximum atomic E-state index is 13.0. The number of benzene rings is 1. The van der Waals surface area contributed by atoms with E-state index in [1.165, 1.54) is 5.56 Å². The van der Waals surface area contributed by atoms with E-state index in [-0.39, 0.29) is 23.3 Å². The van der Waals surface area contributed by atoms with E-state index in [9.17, 15) is 4.79 Å². The summed E-state index contributed by atoms with van der Waals surface area (Å²) in [5.41, 5.74) is 7.53. The predicted octanol–water partition coefficient (Wildman–Crippen LogP) is 2.54. The van der Waals surface area contributed by atoms with Crippen LogP contribution in [0.5, 0.6) is 0 Å².